The first-order chi connectivity index (χ1) is 23.3. The molecule has 14 N–H and O–H groups in total. The molecule has 5 heterocycles. The van der Waals surface area contributed by atoms with E-state index in [0.717, 1.165) is 0 Å². The molecule has 3 aromatic heterocycles. The third-order valence-corrected chi connectivity index (χ3v) is 8.17. The van der Waals surface area contributed by atoms with Crippen LogP contribution in [0.25, 0.3) is 0 Å². The molecule has 0 atom stereocenters. The number of nitrogens with two attached hydrogens (primary N) is 6. The van der Waals surface area contributed by atoms with Crippen molar-refractivity contribution in [3.63, 3.8) is 0 Å². The van der Waals surface area contributed by atoms with Crippen LogP contribution in [-0.2, 0) is 0 Å². The number of piperidine rings is 2. The average Bonchev–Trinajstić information content (AvgIpc) is 3.04. The summed E-state index contributed by atoms with van der Waals surface area (Å²) in [4.78, 5) is 66.5. The number of anilines is 6. The Hall–Kier alpha value is -5.28. The van der Waals surface area contributed by atoms with E-state index in [-0.39, 0.29) is 74.3 Å². The Morgan fingerprint density at radius 3 is 1.33 bits per heavy atom. The molecule has 2 fully saturated rings. The van der Waals surface area contributed by atoms with Crippen LogP contribution in [0.1, 0.15) is 46.7 Å². The first-order valence-electron chi connectivity index (χ1n) is 14.6. The minimum Gasteiger partial charge on any atom is -0.382 e. The number of nitrogens with zero attached hydrogens (tertiary/aromatic N) is 11. The number of guanidine groups is 2. The van der Waals surface area contributed by atoms with E-state index in [1.807, 2.05) is 9.80 Å². The number of halogens is 3. The van der Waals surface area contributed by atoms with E-state index < -0.39 is 11.8 Å². The van der Waals surface area contributed by atoms with E-state index in [1.54, 1.807) is 0 Å². The summed E-state index contributed by atoms with van der Waals surface area (Å²) in [6, 6.07) is -0.365. The number of amides is 2. The Bertz CT molecular complexity index is 1680. The summed E-state index contributed by atoms with van der Waals surface area (Å²) >= 11 is 18.0. The second-order valence-corrected chi connectivity index (χ2v) is 11.9. The fourth-order valence-corrected chi connectivity index (χ4v) is 5.43. The molecule has 0 aliphatic carbocycles. The van der Waals surface area contributed by atoms with Crippen molar-refractivity contribution in [3.8, 4) is 0 Å². The van der Waals surface area contributed by atoms with Crippen molar-refractivity contribution in [1.29, 1.82) is 0 Å². The van der Waals surface area contributed by atoms with Gasteiger partial charge in [0.05, 0.1) is 12.1 Å². The summed E-state index contributed by atoms with van der Waals surface area (Å²) in [5.41, 5.74) is 34.1. The molecule has 49 heavy (non-hydrogen) atoms. The topological polar surface area (TPSA) is 336 Å². The minimum atomic E-state index is -0.718. The molecule has 3 aromatic rings. The van der Waals surface area contributed by atoms with E-state index in [2.05, 4.69) is 55.5 Å². The highest BCUT2D eigenvalue weighted by molar-refractivity contribution is 6.32. The van der Waals surface area contributed by atoms with Crippen molar-refractivity contribution in [3.05, 3.63) is 27.0 Å². The van der Waals surface area contributed by atoms with Crippen molar-refractivity contribution < 1.29 is 9.59 Å². The van der Waals surface area contributed by atoms with Gasteiger partial charge in [-0.25, -0.2) is 29.9 Å². The highest BCUT2D eigenvalue weighted by atomic mass is 35.5. The van der Waals surface area contributed by atoms with E-state index in [9.17, 15) is 9.59 Å². The Morgan fingerprint density at radius 2 is 0.959 bits per heavy atom. The number of nitrogens with one attached hydrogen (secondary N) is 2. The quantitative estimate of drug-likeness (QED) is 0.113. The van der Waals surface area contributed by atoms with Crippen LogP contribution >= 0.6 is 34.8 Å². The van der Waals surface area contributed by atoms with Gasteiger partial charge >= 0.3 is 0 Å². The summed E-state index contributed by atoms with van der Waals surface area (Å²) in [6.45, 7) is 2.18. The molecular weight excluding hydrogens is 705 g/mol. The summed E-state index contributed by atoms with van der Waals surface area (Å²) < 4.78 is 0. The summed E-state index contributed by atoms with van der Waals surface area (Å²) in [5.74, 6) is -1.38. The van der Waals surface area contributed by atoms with Crippen LogP contribution in [0.15, 0.2) is 9.98 Å². The van der Waals surface area contributed by atoms with Crippen LogP contribution in [0.4, 0.5) is 35.2 Å². The average molecular weight is 737 g/mol. The van der Waals surface area contributed by atoms with Gasteiger partial charge in [0.25, 0.3) is 11.8 Å². The zero-order valence-corrected chi connectivity index (χ0v) is 27.9. The number of hydrogen-bond acceptors (Lipinski definition) is 17. The normalized spacial score (nSPS) is 16.5. The zero-order valence-electron chi connectivity index (χ0n) is 25.6. The van der Waals surface area contributed by atoms with Gasteiger partial charge in [0.15, 0.2) is 56.9 Å². The van der Waals surface area contributed by atoms with Crippen molar-refractivity contribution in [1.82, 2.24) is 45.5 Å². The highest BCUT2D eigenvalue weighted by Crippen LogP contribution is 2.25. The fraction of sp³-hybridized carbons (Fsp3) is 0.400. The standard InChI is InChI=1S/C25H32Cl3N19O2/c26-13-17(31)39-15(29)11(37-13)19(48)41-22(33)35-9-1-5-46(6-2-9)24-43-21(28)44-25(45-24)47-7-3-10(4-8-47)36-23(34)42-20(49)12-16(30)40-18(32)14(27)38-12/h9-10H,1-8H2,(H4,29,31,39)(H4,30,32,40)(H3,33,35,41,48)(H3,34,36,42,49). The predicted octanol–water partition coefficient (Wildman–Crippen LogP) is -0.832. The lowest BCUT2D eigenvalue weighted by Gasteiger charge is -2.33. The lowest BCUT2D eigenvalue weighted by Crippen LogP contribution is -2.42. The molecule has 2 amide bonds. The number of nitrogen functional groups attached to an aromatic ring is 4. The molecule has 0 saturated carbocycles. The van der Waals surface area contributed by atoms with Crippen LogP contribution < -0.4 is 54.8 Å². The lowest BCUT2D eigenvalue weighted by atomic mass is 10.1. The number of aromatic nitrogens is 7. The van der Waals surface area contributed by atoms with Gasteiger partial charge in [0, 0.05) is 26.2 Å². The van der Waals surface area contributed by atoms with Gasteiger partial charge < -0.3 is 44.2 Å². The first-order valence-corrected chi connectivity index (χ1v) is 15.8. The van der Waals surface area contributed by atoms with E-state index in [1.165, 1.54) is 0 Å². The molecule has 5 rings (SSSR count). The summed E-state index contributed by atoms with van der Waals surface area (Å²) in [5, 5.41) is 4.63. The maximum absolute atomic E-state index is 12.6. The Morgan fingerprint density at radius 1 is 0.592 bits per heavy atom. The molecule has 2 aliphatic heterocycles. The van der Waals surface area contributed by atoms with Crippen molar-refractivity contribution in [2.24, 2.45) is 21.5 Å². The first kappa shape index (κ1) is 35.0. The van der Waals surface area contributed by atoms with E-state index >= 15 is 0 Å². The monoisotopic (exact) mass is 735 g/mol. The smallest absolute Gasteiger partial charge is 0.280 e. The zero-order chi connectivity index (χ0) is 35.4. The van der Waals surface area contributed by atoms with Crippen molar-refractivity contribution >= 4 is 93.7 Å². The maximum atomic E-state index is 12.6. The molecule has 2 saturated heterocycles. The summed E-state index contributed by atoms with van der Waals surface area (Å²) in [7, 11) is 0. The predicted molar refractivity (Wildman–Crippen MR) is 185 cm³/mol. The van der Waals surface area contributed by atoms with Crippen molar-refractivity contribution in [2.75, 3.05) is 58.9 Å². The fourth-order valence-electron chi connectivity index (χ4n) is 5.03. The summed E-state index contributed by atoms with van der Waals surface area (Å²) in [6.07, 6.45) is 2.38. The van der Waals surface area contributed by atoms with Crippen LogP contribution in [0.3, 0.4) is 0 Å². The molecular formula is C25H32Cl3N19O2. The van der Waals surface area contributed by atoms with Crippen LogP contribution in [0.2, 0.25) is 15.6 Å². The van der Waals surface area contributed by atoms with Gasteiger partial charge in [-0.15, -0.1) is 0 Å². The Labute approximate surface area is 293 Å². The molecule has 260 valence electrons. The minimum absolute atomic E-state index is 0.0505. The van der Waals surface area contributed by atoms with Gasteiger partial charge in [-0.1, -0.05) is 23.2 Å². The van der Waals surface area contributed by atoms with Gasteiger partial charge in [-0.05, 0) is 37.3 Å². The molecule has 0 aromatic carbocycles. The molecule has 0 bridgehead atoms. The number of rotatable bonds is 6. The molecule has 0 spiro atoms. The second-order valence-electron chi connectivity index (χ2n) is 10.8. The Balaban J connectivity index is 1.13. The molecule has 24 heteroatoms. The number of carbonyl (C=O) groups excluding carboxylic acids is 2. The number of aliphatic imine (C=N–C) groups is 2. The third kappa shape index (κ3) is 8.61. The largest absolute Gasteiger partial charge is 0.382 e. The second kappa shape index (κ2) is 14.9. The van der Waals surface area contributed by atoms with Crippen molar-refractivity contribution in [2.45, 2.75) is 37.8 Å². The number of hydrogen-bond donors (Lipinski definition) is 8. The van der Waals surface area contributed by atoms with E-state index in [4.69, 9.17) is 69.2 Å². The SMILES string of the molecule is NC(=NC1CCN(c2nc(Cl)nc(N3CCC(N=C(N)NC(=O)c4nc(Cl)c(N)nc4N)CC3)n2)CC1)NC(=O)c1nc(Cl)c(N)nc1N. The van der Waals surface area contributed by atoms with Crippen LogP contribution in [-0.4, -0.2) is 96.9 Å². The molecule has 21 nitrogen and oxygen atoms in total. The van der Waals surface area contributed by atoms with Gasteiger partial charge in [-0.3, -0.25) is 20.2 Å². The Kier molecular flexibility index (Phi) is 10.6. The van der Waals surface area contributed by atoms with Gasteiger partial charge in [0.1, 0.15) is 0 Å². The van der Waals surface area contributed by atoms with E-state index in [0.29, 0.717) is 63.8 Å². The van der Waals surface area contributed by atoms with Crippen LogP contribution in [0, 0.1) is 0 Å². The van der Waals surface area contributed by atoms with Gasteiger partial charge in [0.2, 0.25) is 17.2 Å². The molecule has 0 radical (unpaired) electrons. The number of carbonyl (C=O) groups is 2. The lowest BCUT2D eigenvalue weighted by molar-refractivity contribution is 0.0963. The highest BCUT2D eigenvalue weighted by Gasteiger charge is 2.26. The van der Waals surface area contributed by atoms with Gasteiger partial charge in [-0.2, -0.15) is 15.0 Å². The third-order valence-electron chi connectivity index (χ3n) is 7.45. The maximum Gasteiger partial charge on any atom is 0.280 e. The van der Waals surface area contributed by atoms with Crippen LogP contribution in [0.5, 0.6) is 0 Å². The molecule has 2 aliphatic rings. The molecule has 0 unspecified atom stereocenters.